The molecule has 8 heteroatoms. The van der Waals surface area contributed by atoms with Gasteiger partial charge in [-0.1, -0.05) is 66.7 Å². The lowest BCUT2D eigenvalue weighted by Gasteiger charge is -2.26. The number of nitrogens with zero attached hydrogens (tertiary/aromatic N) is 1. The fourth-order valence-electron chi connectivity index (χ4n) is 5.08. The van der Waals surface area contributed by atoms with Crippen LogP contribution in [0, 0.1) is 0 Å². The highest BCUT2D eigenvalue weighted by Crippen LogP contribution is 2.44. The van der Waals surface area contributed by atoms with Gasteiger partial charge in [-0.25, -0.2) is 0 Å². The lowest BCUT2D eigenvalue weighted by atomic mass is 9.80. The molecule has 0 amide bonds. The van der Waals surface area contributed by atoms with Crippen LogP contribution in [-0.4, -0.2) is 24.9 Å². The van der Waals surface area contributed by atoms with Gasteiger partial charge >= 0.3 is 0 Å². The number of hydrogen-bond donors (Lipinski definition) is 1. The Bertz CT molecular complexity index is 1890. The second-order valence-corrected chi connectivity index (χ2v) is 9.83. The second-order valence-electron chi connectivity index (χ2n) is 8.92. The summed E-state index contributed by atoms with van der Waals surface area (Å²) in [6.07, 6.45) is 0. The molecule has 1 aliphatic carbocycles. The van der Waals surface area contributed by atoms with Gasteiger partial charge in [0.05, 0.1) is 28.0 Å². The molecule has 4 aromatic carbocycles. The number of carbonyl (C=O) groups is 2. The molecular formula is C30H19N2O5S-. The van der Waals surface area contributed by atoms with Crippen molar-refractivity contribution in [2.75, 3.05) is 5.32 Å². The van der Waals surface area contributed by atoms with Gasteiger partial charge in [-0.3, -0.25) is 18.6 Å². The van der Waals surface area contributed by atoms with Crippen LogP contribution in [-0.2, 0) is 18.1 Å². The van der Waals surface area contributed by atoms with E-state index in [1.165, 1.54) is 10.6 Å². The van der Waals surface area contributed by atoms with Crippen molar-refractivity contribution >= 4 is 44.9 Å². The number of carbonyl (C=O) groups excluding carboxylic acids is 2. The van der Waals surface area contributed by atoms with Gasteiger partial charge in [-0.15, -0.1) is 0 Å². The van der Waals surface area contributed by atoms with E-state index in [-0.39, 0.29) is 21.8 Å². The van der Waals surface area contributed by atoms with Crippen LogP contribution in [0.5, 0.6) is 0 Å². The first kappa shape index (κ1) is 23.7. The zero-order valence-electron chi connectivity index (χ0n) is 20.1. The number of fused-ring (bicyclic) bond motifs is 2. The van der Waals surface area contributed by atoms with Crippen molar-refractivity contribution in [3.63, 3.8) is 0 Å². The van der Waals surface area contributed by atoms with Gasteiger partial charge in [0.1, 0.15) is 0 Å². The molecule has 1 atom stereocenters. The monoisotopic (exact) mass is 519 g/mol. The number of para-hydroxylation sites is 1. The maximum atomic E-state index is 13.9. The summed E-state index contributed by atoms with van der Waals surface area (Å²) in [5.74, 6) is -0.734. The van der Waals surface area contributed by atoms with Crippen LogP contribution in [0.1, 0.15) is 31.8 Å². The van der Waals surface area contributed by atoms with Crippen molar-refractivity contribution in [3.8, 4) is 11.1 Å². The topological polar surface area (TPSA) is 108 Å². The van der Waals surface area contributed by atoms with Gasteiger partial charge in [0.15, 0.2) is 11.6 Å². The number of nitrogens with one attached hydrogen (secondary N) is 1. The Morgan fingerprint density at radius 2 is 1.45 bits per heavy atom. The average Bonchev–Trinajstić information content (AvgIpc) is 2.94. The van der Waals surface area contributed by atoms with E-state index in [0.717, 1.165) is 0 Å². The van der Waals surface area contributed by atoms with E-state index in [4.69, 9.17) is 0 Å². The van der Waals surface area contributed by atoms with E-state index in [2.05, 4.69) is 5.32 Å². The zero-order valence-corrected chi connectivity index (χ0v) is 20.9. The van der Waals surface area contributed by atoms with Gasteiger partial charge in [-0.2, -0.15) is 0 Å². The minimum atomic E-state index is -2.51. The van der Waals surface area contributed by atoms with E-state index in [1.54, 1.807) is 92.0 Å². The first-order chi connectivity index (χ1) is 18.4. The van der Waals surface area contributed by atoms with Crippen LogP contribution in [0.15, 0.2) is 101 Å². The molecule has 0 fully saturated rings. The molecule has 1 heterocycles. The third-order valence-corrected chi connectivity index (χ3v) is 7.55. The first-order valence-electron chi connectivity index (χ1n) is 11.8. The highest BCUT2D eigenvalue weighted by Gasteiger charge is 2.34. The molecule has 0 radical (unpaired) electrons. The van der Waals surface area contributed by atoms with Crippen LogP contribution in [0.25, 0.3) is 22.0 Å². The van der Waals surface area contributed by atoms with Crippen LogP contribution in [0.4, 0.5) is 11.4 Å². The van der Waals surface area contributed by atoms with Crippen LogP contribution in [0.2, 0.25) is 0 Å². The lowest BCUT2D eigenvalue weighted by Crippen LogP contribution is -2.29. The van der Waals surface area contributed by atoms with Crippen molar-refractivity contribution in [1.82, 2.24) is 4.57 Å². The summed E-state index contributed by atoms with van der Waals surface area (Å²) in [5.41, 5.74) is 2.54. The molecule has 186 valence electrons. The van der Waals surface area contributed by atoms with E-state index >= 15 is 0 Å². The van der Waals surface area contributed by atoms with E-state index in [1.807, 2.05) is 0 Å². The SMILES string of the molecule is Cn1c(=O)c(C(=O)c2ccccc2)c2c3c(c(Nc4ccccc4S(=O)[O-])ccc31)C(=O)c1ccccc1-2. The van der Waals surface area contributed by atoms with Crippen LogP contribution >= 0.6 is 0 Å². The molecule has 0 spiro atoms. The molecule has 1 unspecified atom stereocenters. The van der Waals surface area contributed by atoms with Crippen LogP contribution in [0.3, 0.4) is 0 Å². The number of benzene rings is 4. The predicted molar refractivity (Wildman–Crippen MR) is 145 cm³/mol. The summed E-state index contributed by atoms with van der Waals surface area (Å²) in [7, 11) is 1.57. The molecule has 0 aliphatic heterocycles. The van der Waals surface area contributed by atoms with Gasteiger partial charge < -0.3 is 14.4 Å². The fourth-order valence-corrected chi connectivity index (χ4v) is 5.57. The molecule has 0 saturated carbocycles. The first-order valence-corrected chi connectivity index (χ1v) is 12.8. The number of aromatic nitrogens is 1. The quantitative estimate of drug-likeness (QED) is 0.255. The summed E-state index contributed by atoms with van der Waals surface area (Å²) in [6, 6.07) is 25.1. The number of pyridine rings is 1. The molecule has 0 saturated heterocycles. The molecule has 5 aromatic rings. The molecule has 38 heavy (non-hydrogen) atoms. The summed E-state index contributed by atoms with van der Waals surface area (Å²) in [6.45, 7) is 0. The third-order valence-electron chi connectivity index (χ3n) is 6.83. The van der Waals surface area contributed by atoms with Crippen LogP contribution < -0.4 is 10.9 Å². The second kappa shape index (κ2) is 9.02. The average molecular weight is 520 g/mol. The number of hydrogen-bond acceptors (Lipinski definition) is 6. The molecule has 0 bridgehead atoms. The largest absolute Gasteiger partial charge is 0.768 e. The van der Waals surface area contributed by atoms with E-state index < -0.39 is 22.4 Å². The van der Waals surface area contributed by atoms with Gasteiger partial charge in [0.2, 0.25) is 0 Å². The summed E-state index contributed by atoms with van der Waals surface area (Å²) >= 11 is -2.51. The van der Waals surface area contributed by atoms with Crippen molar-refractivity contribution in [3.05, 3.63) is 124 Å². The minimum absolute atomic E-state index is 0.0226. The van der Waals surface area contributed by atoms with E-state index in [9.17, 15) is 23.1 Å². The fraction of sp³-hybridized carbons (Fsp3) is 0.0333. The predicted octanol–water partition coefficient (Wildman–Crippen LogP) is 4.96. The van der Waals surface area contributed by atoms with Gasteiger partial charge in [-0.05, 0) is 40.9 Å². The Hall–Kier alpha value is -4.66. The summed E-state index contributed by atoms with van der Waals surface area (Å²) < 4.78 is 25.0. The maximum absolute atomic E-state index is 13.9. The Balaban J connectivity index is 1.72. The van der Waals surface area contributed by atoms with Crippen molar-refractivity contribution < 1.29 is 18.4 Å². The standard InChI is InChI=1S/C30H20N2O5S/c1-32-22-16-15-21(31-20-13-7-8-14-23(20)38(36)37)25-26(22)24(18-11-5-6-12-19(18)29(25)34)27(30(32)35)28(33)17-9-3-2-4-10-17/h2-16,31H,1H3,(H,36,37)/p-1. The van der Waals surface area contributed by atoms with E-state index in [0.29, 0.717) is 44.5 Å². The molecule has 7 nitrogen and oxygen atoms in total. The smallest absolute Gasteiger partial charge is 0.262 e. The molecule has 1 aromatic heterocycles. The Morgan fingerprint density at radius 3 is 2.18 bits per heavy atom. The lowest BCUT2D eigenvalue weighted by molar-refractivity contribution is 0.102. The zero-order chi connectivity index (χ0) is 26.6. The Kier molecular flexibility index (Phi) is 5.63. The van der Waals surface area contributed by atoms with Crippen molar-refractivity contribution in [1.29, 1.82) is 0 Å². The number of rotatable bonds is 5. The Labute approximate surface area is 219 Å². The third kappa shape index (κ3) is 3.53. The molecule has 6 rings (SSSR count). The van der Waals surface area contributed by atoms with Gasteiger partial charge in [0.25, 0.3) is 5.56 Å². The molecule has 1 N–H and O–H groups in total. The van der Waals surface area contributed by atoms with Crippen molar-refractivity contribution in [2.24, 2.45) is 7.05 Å². The normalized spacial score (nSPS) is 12.7. The highest BCUT2D eigenvalue weighted by molar-refractivity contribution is 7.79. The number of anilines is 2. The Morgan fingerprint density at radius 1 is 0.789 bits per heavy atom. The molecule has 1 aliphatic rings. The number of aryl methyl sites for hydroxylation is 1. The van der Waals surface area contributed by atoms with Gasteiger partial charge in [0, 0.05) is 34.0 Å². The number of ketones is 2. The summed E-state index contributed by atoms with van der Waals surface area (Å²) in [4.78, 5) is 41.4. The van der Waals surface area contributed by atoms with Crippen molar-refractivity contribution in [2.45, 2.75) is 4.90 Å². The maximum Gasteiger partial charge on any atom is 0.262 e. The minimum Gasteiger partial charge on any atom is -0.768 e. The molecular weight excluding hydrogens is 500 g/mol. The summed E-state index contributed by atoms with van der Waals surface area (Å²) in [5, 5.41) is 3.58. The highest BCUT2D eigenvalue weighted by atomic mass is 32.2.